The van der Waals surface area contributed by atoms with Crippen LogP contribution < -0.4 is 0 Å². The van der Waals surface area contributed by atoms with E-state index in [4.69, 9.17) is 13.0 Å². The van der Waals surface area contributed by atoms with Crippen molar-refractivity contribution in [3.05, 3.63) is 12.2 Å². The molecule has 0 heterocycles. The van der Waals surface area contributed by atoms with Crippen molar-refractivity contribution in [2.75, 3.05) is 0 Å². The number of rotatable bonds is 2. The summed E-state index contributed by atoms with van der Waals surface area (Å²) in [4.78, 5) is 9.62. The third-order valence-corrected chi connectivity index (χ3v) is 0.397. The zero-order valence-corrected chi connectivity index (χ0v) is 3.79. The van der Waals surface area contributed by atoms with Gasteiger partial charge in [-0.2, -0.15) is 0 Å². The second kappa shape index (κ2) is 3.46. The second-order valence-electron chi connectivity index (χ2n) is 0.976. The van der Waals surface area contributed by atoms with E-state index < -0.39 is 5.97 Å². The summed E-state index contributed by atoms with van der Waals surface area (Å²) >= 11 is 0. The van der Waals surface area contributed by atoms with Gasteiger partial charge < -0.3 is 5.11 Å². The van der Waals surface area contributed by atoms with Crippen LogP contribution in [0, 0.1) is 0 Å². The van der Waals surface area contributed by atoms with E-state index >= 15 is 0 Å². The van der Waals surface area contributed by atoms with Crippen LogP contribution in [0.2, 0.25) is 6.32 Å². The van der Waals surface area contributed by atoms with Gasteiger partial charge >= 0.3 is 5.97 Å². The lowest BCUT2D eigenvalue weighted by atomic mass is 10.1. The number of carboxylic acid groups (broad SMARTS) is 1. The van der Waals surface area contributed by atoms with Gasteiger partial charge in [0.15, 0.2) is 0 Å². The smallest absolute Gasteiger partial charge is 0.327 e. The molecule has 2 radical (unpaired) electrons. The quantitative estimate of drug-likeness (QED) is 0.394. The Hall–Kier alpha value is -0.725. The number of hydrogen-bond acceptors (Lipinski definition) is 1. The number of carboxylic acids is 1. The van der Waals surface area contributed by atoms with E-state index in [1.54, 1.807) is 0 Å². The Labute approximate surface area is 43.3 Å². The first-order chi connectivity index (χ1) is 3.27. The van der Waals surface area contributed by atoms with Gasteiger partial charge in [-0.1, -0.05) is 12.4 Å². The molecule has 0 aromatic rings. The van der Waals surface area contributed by atoms with Gasteiger partial charge in [-0.3, -0.25) is 0 Å². The van der Waals surface area contributed by atoms with Crippen molar-refractivity contribution in [2.24, 2.45) is 0 Å². The fourth-order valence-corrected chi connectivity index (χ4v) is 0.169. The minimum Gasteiger partial charge on any atom is -0.478 e. The molecule has 2 nitrogen and oxygen atoms in total. The highest BCUT2D eigenvalue weighted by Gasteiger charge is 1.79. The molecular weight excluding hydrogens is 90.9 g/mol. The largest absolute Gasteiger partial charge is 0.478 e. The SMILES string of the molecule is [B]CC=CC(=O)O. The van der Waals surface area contributed by atoms with Gasteiger partial charge in [0.1, 0.15) is 0 Å². The Morgan fingerprint density at radius 2 is 2.43 bits per heavy atom. The number of carbonyl (C=O) groups is 1. The molecule has 0 aliphatic heterocycles. The van der Waals surface area contributed by atoms with Crippen LogP contribution in [0.3, 0.4) is 0 Å². The van der Waals surface area contributed by atoms with Crippen molar-refractivity contribution in [1.82, 2.24) is 0 Å². The van der Waals surface area contributed by atoms with Crippen LogP contribution >= 0.6 is 0 Å². The van der Waals surface area contributed by atoms with Crippen molar-refractivity contribution in [1.29, 1.82) is 0 Å². The Morgan fingerprint density at radius 1 is 1.86 bits per heavy atom. The monoisotopic (exact) mass is 96.0 g/mol. The topological polar surface area (TPSA) is 37.3 Å². The Morgan fingerprint density at radius 3 is 2.57 bits per heavy atom. The standard InChI is InChI=1S/C4H5BO2/c5-3-1-2-4(6)7/h1-2H,3H2,(H,6,7). The van der Waals surface area contributed by atoms with E-state index in [0.29, 0.717) is 0 Å². The molecule has 3 heteroatoms. The van der Waals surface area contributed by atoms with Gasteiger partial charge in [0, 0.05) is 6.08 Å². The van der Waals surface area contributed by atoms with Crippen molar-refractivity contribution >= 4 is 13.8 Å². The molecule has 0 saturated heterocycles. The maximum atomic E-state index is 9.62. The van der Waals surface area contributed by atoms with Crippen LogP contribution in [0.25, 0.3) is 0 Å². The molecule has 0 spiro atoms. The molecule has 36 valence electrons. The Bertz CT molecular complexity index is 87.7. The Kier molecular flexibility index (Phi) is 3.11. The fourth-order valence-electron chi connectivity index (χ4n) is 0.169. The lowest BCUT2D eigenvalue weighted by Gasteiger charge is -1.73. The summed E-state index contributed by atoms with van der Waals surface area (Å²) in [6.07, 6.45) is 2.68. The number of allylic oxidation sites excluding steroid dienone is 1. The van der Waals surface area contributed by atoms with Gasteiger partial charge in [-0.05, 0) is 0 Å². The third kappa shape index (κ3) is 5.27. The first-order valence-corrected chi connectivity index (χ1v) is 1.87. The molecule has 0 bridgehead atoms. The highest BCUT2D eigenvalue weighted by molar-refractivity contribution is 6.09. The first kappa shape index (κ1) is 6.27. The lowest BCUT2D eigenvalue weighted by Crippen LogP contribution is -1.84. The van der Waals surface area contributed by atoms with E-state index in [2.05, 4.69) is 0 Å². The summed E-state index contributed by atoms with van der Waals surface area (Å²) in [5, 5.41) is 7.90. The summed E-state index contributed by atoms with van der Waals surface area (Å²) in [6, 6.07) is 0. The molecule has 7 heavy (non-hydrogen) atoms. The molecular formula is C4H5BO2. The molecule has 0 amide bonds. The minimum absolute atomic E-state index is 0.284. The molecule has 0 aromatic carbocycles. The summed E-state index contributed by atoms with van der Waals surface area (Å²) in [7, 11) is 4.93. The van der Waals surface area contributed by atoms with Crippen LogP contribution in [0.4, 0.5) is 0 Å². The highest BCUT2D eigenvalue weighted by Crippen LogP contribution is 1.74. The van der Waals surface area contributed by atoms with Crippen LogP contribution in [-0.4, -0.2) is 18.9 Å². The van der Waals surface area contributed by atoms with E-state index in [0.717, 1.165) is 6.08 Å². The van der Waals surface area contributed by atoms with Crippen molar-refractivity contribution in [3.8, 4) is 0 Å². The van der Waals surface area contributed by atoms with Gasteiger partial charge in [0.25, 0.3) is 0 Å². The first-order valence-electron chi connectivity index (χ1n) is 1.87. The molecule has 0 fully saturated rings. The molecule has 0 aromatic heterocycles. The zero-order chi connectivity index (χ0) is 5.70. The molecule has 0 saturated carbocycles. The zero-order valence-electron chi connectivity index (χ0n) is 3.79. The van der Waals surface area contributed by atoms with E-state index in [1.807, 2.05) is 0 Å². The normalized spacial score (nSPS) is 9.71. The van der Waals surface area contributed by atoms with Gasteiger partial charge in [-0.15, -0.1) is 0 Å². The van der Waals surface area contributed by atoms with E-state index in [9.17, 15) is 4.79 Å². The molecule has 1 N–H and O–H groups in total. The summed E-state index contributed by atoms with van der Waals surface area (Å²) < 4.78 is 0. The van der Waals surface area contributed by atoms with Crippen molar-refractivity contribution in [3.63, 3.8) is 0 Å². The van der Waals surface area contributed by atoms with E-state index in [-0.39, 0.29) is 6.32 Å². The predicted octanol–water partition coefficient (Wildman–Crippen LogP) is 0.214. The number of aliphatic carboxylic acids is 1. The average molecular weight is 95.9 g/mol. The van der Waals surface area contributed by atoms with Gasteiger partial charge in [0.05, 0.1) is 7.85 Å². The molecule has 0 rings (SSSR count). The van der Waals surface area contributed by atoms with E-state index in [1.165, 1.54) is 6.08 Å². The Balaban J connectivity index is 3.26. The fraction of sp³-hybridized carbons (Fsp3) is 0.250. The number of hydrogen-bond donors (Lipinski definition) is 1. The highest BCUT2D eigenvalue weighted by atomic mass is 16.4. The van der Waals surface area contributed by atoms with Crippen LogP contribution in [-0.2, 0) is 4.79 Å². The molecule has 0 aliphatic rings. The maximum absolute atomic E-state index is 9.62. The molecule has 0 unspecified atom stereocenters. The maximum Gasteiger partial charge on any atom is 0.327 e. The third-order valence-electron chi connectivity index (χ3n) is 0.397. The van der Waals surface area contributed by atoms with Crippen molar-refractivity contribution in [2.45, 2.75) is 6.32 Å². The molecule has 0 aliphatic carbocycles. The molecule has 0 atom stereocenters. The van der Waals surface area contributed by atoms with Crippen molar-refractivity contribution < 1.29 is 9.90 Å². The summed E-state index contributed by atoms with van der Waals surface area (Å²) in [5.41, 5.74) is 0. The second-order valence-corrected chi connectivity index (χ2v) is 0.976. The lowest BCUT2D eigenvalue weighted by molar-refractivity contribution is -0.131. The summed E-state index contributed by atoms with van der Waals surface area (Å²) in [6.45, 7) is 0. The minimum atomic E-state index is -0.953. The van der Waals surface area contributed by atoms with Crippen LogP contribution in [0.5, 0.6) is 0 Å². The van der Waals surface area contributed by atoms with Gasteiger partial charge in [0.2, 0.25) is 0 Å². The van der Waals surface area contributed by atoms with Crippen LogP contribution in [0.15, 0.2) is 12.2 Å². The average Bonchev–Trinajstić information content (AvgIpc) is 1.61. The summed E-state index contributed by atoms with van der Waals surface area (Å²) in [5.74, 6) is -0.953. The van der Waals surface area contributed by atoms with Crippen LogP contribution in [0.1, 0.15) is 0 Å². The van der Waals surface area contributed by atoms with Gasteiger partial charge in [-0.25, -0.2) is 4.79 Å². The predicted molar refractivity (Wildman–Crippen MR) is 27.3 cm³/mol.